The number of nitrogens with zero attached hydrogens (tertiary/aromatic N) is 2. The van der Waals surface area contributed by atoms with Crippen LogP contribution in [0.25, 0.3) is 0 Å². The standard InChI is InChI=1S/C6H5ClN4OS/c7-2-1-9-5(13-2)3-4(12)11-6(8)10-3/h1,3H,(H3,8,10,11,12). The fourth-order valence-electron chi connectivity index (χ4n) is 0.985. The Balaban J connectivity index is 2.32. The molecule has 1 aromatic heterocycles. The number of aliphatic imine (C=N–C) groups is 1. The fraction of sp³-hybridized carbons (Fsp3) is 0.167. The first-order valence-electron chi connectivity index (χ1n) is 3.42. The molecule has 0 saturated carbocycles. The smallest absolute Gasteiger partial charge is 0.258 e. The third-order valence-corrected chi connectivity index (χ3v) is 2.66. The van der Waals surface area contributed by atoms with Gasteiger partial charge in [0, 0.05) is 0 Å². The highest BCUT2D eigenvalue weighted by Crippen LogP contribution is 2.27. The van der Waals surface area contributed by atoms with Gasteiger partial charge in [0.2, 0.25) is 0 Å². The Morgan fingerprint density at radius 2 is 2.46 bits per heavy atom. The quantitative estimate of drug-likeness (QED) is 0.708. The molecule has 0 fully saturated rings. The van der Waals surface area contributed by atoms with Gasteiger partial charge in [-0.2, -0.15) is 0 Å². The average molecular weight is 217 g/mol. The molecule has 68 valence electrons. The maximum absolute atomic E-state index is 11.2. The summed E-state index contributed by atoms with van der Waals surface area (Å²) in [5, 5.41) is 2.95. The van der Waals surface area contributed by atoms with Crippen molar-refractivity contribution in [3.63, 3.8) is 0 Å². The molecule has 1 aliphatic heterocycles. The van der Waals surface area contributed by atoms with Crippen molar-refractivity contribution in [3.8, 4) is 0 Å². The summed E-state index contributed by atoms with van der Waals surface area (Å²) >= 11 is 6.89. The zero-order valence-corrected chi connectivity index (χ0v) is 7.89. The molecule has 0 spiro atoms. The first kappa shape index (κ1) is 8.46. The molecule has 3 N–H and O–H groups in total. The van der Waals surface area contributed by atoms with Crippen LogP contribution in [0.4, 0.5) is 0 Å². The van der Waals surface area contributed by atoms with Crippen LogP contribution in [0.1, 0.15) is 11.0 Å². The maximum atomic E-state index is 11.2. The predicted molar refractivity (Wildman–Crippen MR) is 49.6 cm³/mol. The molecule has 1 aliphatic rings. The Morgan fingerprint density at radius 3 is 2.92 bits per heavy atom. The van der Waals surface area contributed by atoms with Gasteiger partial charge >= 0.3 is 0 Å². The summed E-state index contributed by atoms with van der Waals surface area (Å²) in [6.45, 7) is 0. The molecule has 0 radical (unpaired) electrons. The molecule has 5 nitrogen and oxygen atoms in total. The van der Waals surface area contributed by atoms with Crippen molar-refractivity contribution in [2.45, 2.75) is 6.04 Å². The van der Waals surface area contributed by atoms with E-state index in [-0.39, 0.29) is 11.9 Å². The molecule has 2 rings (SSSR count). The molecule has 0 saturated heterocycles. The van der Waals surface area contributed by atoms with Crippen molar-refractivity contribution in [1.29, 1.82) is 0 Å². The van der Waals surface area contributed by atoms with Crippen LogP contribution in [0.5, 0.6) is 0 Å². The second kappa shape index (κ2) is 2.97. The van der Waals surface area contributed by atoms with Crippen molar-refractivity contribution in [2.24, 2.45) is 10.7 Å². The molecule has 1 atom stereocenters. The summed E-state index contributed by atoms with van der Waals surface area (Å²) < 4.78 is 0.531. The summed E-state index contributed by atoms with van der Waals surface area (Å²) in [6, 6.07) is -0.627. The monoisotopic (exact) mass is 216 g/mol. The maximum Gasteiger partial charge on any atom is 0.258 e. The second-order valence-electron chi connectivity index (χ2n) is 2.41. The highest BCUT2D eigenvalue weighted by atomic mass is 35.5. The minimum Gasteiger partial charge on any atom is -0.370 e. The third-order valence-electron chi connectivity index (χ3n) is 1.50. The molecule has 13 heavy (non-hydrogen) atoms. The molecule has 1 aromatic rings. The Labute approximate surface area is 82.6 Å². The molecular formula is C6H5ClN4OS. The molecular weight excluding hydrogens is 212 g/mol. The van der Waals surface area contributed by atoms with E-state index in [4.69, 9.17) is 17.3 Å². The fourth-order valence-corrected chi connectivity index (χ4v) is 1.95. The molecule has 2 heterocycles. The van der Waals surface area contributed by atoms with Gasteiger partial charge in [-0.25, -0.2) is 9.98 Å². The van der Waals surface area contributed by atoms with E-state index in [2.05, 4.69) is 15.3 Å². The first-order chi connectivity index (χ1) is 6.16. The summed E-state index contributed by atoms with van der Waals surface area (Å²) in [4.78, 5) is 19.0. The van der Waals surface area contributed by atoms with E-state index in [1.807, 2.05) is 0 Å². The lowest BCUT2D eigenvalue weighted by Crippen LogP contribution is -2.31. The third kappa shape index (κ3) is 1.50. The van der Waals surface area contributed by atoms with Gasteiger partial charge in [0.1, 0.15) is 9.34 Å². The summed E-state index contributed by atoms with van der Waals surface area (Å²) in [7, 11) is 0. The van der Waals surface area contributed by atoms with Crippen molar-refractivity contribution >= 4 is 34.8 Å². The highest BCUT2D eigenvalue weighted by molar-refractivity contribution is 7.16. The van der Waals surface area contributed by atoms with E-state index >= 15 is 0 Å². The van der Waals surface area contributed by atoms with E-state index in [1.165, 1.54) is 17.5 Å². The second-order valence-corrected chi connectivity index (χ2v) is 4.10. The van der Waals surface area contributed by atoms with Gasteiger partial charge in [-0.15, -0.1) is 11.3 Å². The van der Waals surface area contributed by atoms with Crippen molar-refractivity contribution < 1.29 is 4.79 Å². The average Bonchev–Trinajstić information content (AvgIpc) is 2.58. The number of amides is 1. The van der Waals surface area contributed by atoms with Gasteiger partial charge in [-0.3, -0.25) is 10.1 Å². The number of hydrogen-bond acceptors (Lipinski definition) is 5. The number of guanidine groups is 1. The first-order valence-corrected chi connectivity index (χ1v) is 4.61. The van der Waals surface area contributed by atoms with Gasteiger partial charge in [-0.1, -0.05) is 11.6 Å². The minimum atomic E-state index is -0.627. The SMILES string of the molecule is NC1=NC(c2ncc(Cl)s2)C(=O)N1. The number of aromatic nitrogens is 1. The van der Waals surface area contributed by atoms with Crippen LogP contribution >= 0.6 is 22.9 Å². The molecule has 1 unspecified atom stereocenters. The molecule has 0 aliphatic carbocycles. The predicted octanol–water partition coefficient (Wildman–Crippen LogP) is 0.282. The van der Waals surface area contributed by atoms with E-state index in [9.17, 15) is 4.79 Å². The van der Waals surface area contributed by atoms with Crippen LogP contribution in [0.3, 0.4) is 0 Å². The van der Waals surface area contributed by atoms with Gasteiger partial charge in [0.25, 0.3) is 5.91 Å². The number of rotatable bonds is 1. The Morgan fingerprint density at radius 1 is 1.69 bits per heavy atom. The highest BCUT2D eigenvalue weighted by Gasteiger charge is 2.28. The number of nitrogens with one attached hydrogen (secondary N) is 1. The molecule has 7 heteroatoms. The molecule has 1 amide bonds. The topological polar surface area (TPSA) is 80.4 Å². The van der Waals surface area contributed by atoms with Gasteiger partial charge in [-0.05, 0) is 0 Å². The van der Waals surface area contributed by atoms with Crippen LogP contribution in [-0.2, 0) is 4.79 Å². The number of hydrogen-bond donors (Lipinski definition) is 2. The zero-order chi connectivity index (χ0) is 9.42. The number of thiazole rings is 1. The van der Waals surface area contributed by atoms with E-state index in [1.54, 1.807) is 0 Å². The lowest BCUT2D eigenvalue weighted by molar-refractivity contribution is -0.120. The van der Waals surface area contributed by atoms with Crippen LogP contribution in [-0.4, -0.2) is 16.9 Å². The Bertz CT molecular complexity index is 388. The number of halogens is 1. The van der Waals surface area contributed by atoms with Gasteiger partial charge in [0.05, 0.1) is 6.20 Å². The van der Waals surface area contributed by atoms with E-state index in [0.29, 0.717) is 9.34 Å². The van der Waals surface area contributed by atoms with Crippen LogP contribution in [0, 0.1) is 0 Å². The summed E-state index contributed by atoms with van der Waals surface area (Å²) in [6.07, 6.45) is 1.48. The van der Waals surface area contributed by atoms with Crippen molar-refractivity contribution in [3.05, 3.63) is 15.5 Å². The largest absolute Gasteiger partial charge is 0.370 e. The normalized spacial score (nSPS) is 21.5. The van der Waals surface area contributed by atoms with Gasteiger partial charge in [0.15, 0.2) is 12.0 Å². The van der Waals surface area contributed by atoms with Crippen LogP contribution in [0.15, 0.2) is 11.2 Å². The Hall–Kier alpha value is -1.14. The lowest BCUT2D eigenvalue weighted by atomic mass is 10.3. The zero-order valence-electron chi connectivity index (χ0n) is 6.32. The Kier molecular flexibility index (Phi) is 1.93. The number of nitrogens with two attached hydrogens (primary N) is 1. The van der Waals surface area contributed by atoms with E-state index in [0.717, 1.165) is 0 Å². The van der Waals surface area contributed by atoms with Crippen LogP contribution < -0.4 is 11.1 Å². The van der Waals surface area contributed by atoms with Crippen molar-refractivity contribution in [2.75, 3.05) is 0 Å². The number of carbonyl (C=O) groups is 1. The number of carbonyl (C=O) groups excluding carboxylic acids is 1. The summed E-state index contributed by atoms with van der Waals surface area (Å²) in [5.74, 6) is -0.134. The van der Waals surface area contributed by atoms with E-state index < -0.39 is 6.04 Å². The lowest BCUT2D eigenvalue weighted by Gasteiger charge is -1.97. The van der Waals surface area contributed by atoms with Crippen molar-refractivity contribution in [1.82, 2.24) is 10.3 Å². The molecule has 0 aromatic carbocycles. The summed E-state index contributed by atoms with van der Waals surface area (Å²) in [5.41, 5.74) is 5.32. The van der Waals surface area contributed by atoms with Crippen LogP contribution in [0.2, 0.25) is 4.34 Å². The van der Waals surface area contributed by atoms with Gasteiger partial charge < -0.3 is 5.73 Å². The minimum absolute atomic E-state index is 0.126. The molecule has 0 bridgehead atoms.